The van der Waals surface area contributed by atoms with Crippen molar-refractivity contribution in [1.29, 1.82) is 0 Å². The molecule has 1 rings (SSSR count). The topological polar surface area (TPSA) is 99.6 Å². The van der Waals surface area contributed by atoms with Crippen LogP contribution < -0.4 is 5.14 Å². The van der Waals surface area contributed by atoms with E-state index in [1.54, 1.807) is 0 Å². The standard InChI is InChI=1S/C14H28N4O3SSi/c1-10(2)18-11(13(19)21-6)9-12(16-18)22(15,20)17-23(7,8)14(3,4)5/h9-10H,1-8H3,(H2,15,17,20). The van der Waals surface area contributed by atoms with Gasteiger partial charge in [0.15, 0.2) is 13.3 Å². The Morgan fingerprint density at radius 3 is 2.35 bits per heavy atom. The SMILES string of the molecule is COC(=O)c1cc(S(N)(=O)=N[Si](C)(C)C(C)(C)C)nn1C(C)C. The average Bonchev–Trinajstić information content (AvgIpc) is 2.81. The molecule has 23 heavy (non-hydrogen) atoms. The summed E-state index contributed by atoms with van der Waals surface area (Å²) in [4.78, 5) is 11.9. The highest BCUT2D eigenvalue weighted by Gasteiger charge is 2.38. The molecule has 0 spiro atoms. The Hall–Kier alpha value is -1.19. The van der Waals surface area contributed by atoms with Crippen LogP contribution in [-0.4, -0.2) is 35.3 Å². The Kier molecular flexibility index (Phi) is 5.50. The van der Waals surface area contributed by atoms with Gasteiger partial charge in [-0.05, 0) is 32.0 Å². The van der Waals surface area contributed by atoms with E-state index in [0.29, 0.717) is 0 Å². The van der Waals surface area contributed by atoms with Gasteiger partial charge >= 0.3 is 5.97 Å². The summed E-state index contributed by atoms with van der Waals surface area (Å²) in [7, 11) is -4.12. The molecule has 132 valence electrons. The maximum atomic E-state index is 13.0. The maximum Gasteiger partial charge on any atom is 0.356 e. The summed E-state index contributed by atoms with van der Waals surface area (Å²) in [6.45, 7) is 13.9. The van der Waals surface area contributed by atoms with Crippen molar-refractivity contribution in [2.75, 3.05) is 7.11 Å². The van der Waals surface area contributed by atoms with Gasteiger partial charge in [-0.15, -0.1) is 0 Å². The molecule has 1 unspecified atom stereocenters. The van der Waals surface area contributed by atoms with E-state index in [-0.39, 0.29) is 21.8 Å². The molecule has 0 saturated carbocycles. The second-order valence-corrected chi connectivity index (χ2v) is 14.3. The Labute approximate surface area is 140 Å². The van der Waals surface area contributed by atoms with Gasteiger partial charge in [-0.2, -0.15) is 5.10 Å². The molecule has 0 fully saturated rings. The number of carbonyl (C=O) groups is 1. The minimum Gasteiger partial charge on any atom is -0.464 e. The van der Waals surface area contributed by atoms with Gasteiger partial charge in [0, 0.05) is 12.1 Å². The van der Waals surface area contributed by atoms with Gasteiger partial charge in [0.25, 0.3) is 0 Å². The predicted octanol–water partition coefficient (Wildman–Crippen LogP) is 2.96. The van der Waals surface area contributed by atoms with Gasteiger partial charge < -0.3 is 4.74 Å². The van der Waals surface area contributed by atoms with Crippen LogP contribution in [0, 0.1) is 0 Å². The number of hydrogen-bond acceptors (Lipinski definition) is 5. The summed E-state index contributed by atoms with van der Waals surface area (Å²) in [6.07, 6.45) is 0. The fourth-order valence-corrected chi connectivity index (χ4v) is 6.36. The van der Waals surface area contributed by atoms with Crippen molar-refractivity contribution in [3.63, 3.8) is 0 Å². The zero-order valence-corrected chi connectivity index (χ0v) is 17.0. The molecule has 1 atom stereocenters. The van der Waals surface area contributed by atoms with Gasteiger partial charge in [0.1, 0.15) is 15.6 Å². The number of aromatic nitrogens is 2. The third-order valence-corrected chi connectivity index (χ3v) is 11.5. The van der Waals surface area contributed by atoms with Crippen molar-refractivity contribution in [1.82, 2.24) is 9.78 Å². The van der Waals surface area contributed by atoms with Gasteiger partial charge in [0.2, 0.25) is 0 Å². The Bertz CT molecular complexity index is 710. The van der Waals surface area contributed by atoms with Gasteiger partial charge in [0.05, 0.1) is 7.11 Å². The number of nitrogens with zero attached hydrogens (tertiary/aromatic N) is 3. The van der Waals surface area contributed by atoms with Crippen molar-refractivity contribution in [2.24, 2.45) is 9.17 Å². The van der Waals surface area contributed by atoms with E-state index in [0.717, 1.165) is 0 Å². The van der Waals surface area contributed by atoms with Gasteiger partial charge in [-0.3, -0.25) is 8.71 Å². The molecule has 0 saturated heterocycles. The largest absolute Gasteiger partial charge is 0.464 e. The number of hydrogen-bond donors (Lipinski definition) is 1. The summed E-state index contributed by atoms with van der Waals surface area (Å²) in [5.74, 6) is -0.542. The van der Waals surface area contributed by atoms with Crippen LogP contribution in [0.2, 0.25) is 18.1 Å². The molecule has 0 aliphatic carbocycles. The highest BCUT2D eigenvalue weighted by molar-refractivity contribution is 7.92. The first-order valence-electron chi connectivity index (χ1n) is 7.47. The van der Waals surface area contributed by atoms with Crippen molar-refractivity contribution in [3.05, 3.63) is 11.8 Å². The molecule has 9 heteroatoms. The van der Waals surface area contributed by atoms with Crippen LogP contribution in [0.25, 0.3) is 0 Å². The molecule has 0 bridgehead atoms. The summed E-state index contributed by atoms with van der Waals surface area (Å²) >= 11 is 0. The van der Waals surface area contributed by atoms with Crippen LogP contribution in [0.1, 0.15) is 51.1 Å². The number of ether oxygens (including phenoxy) is 1. The molecule has 2 N–H and O–H groups in total. The first kappa shape index (κ1) is 19.9. The van der Waals surface area contributed by atoms with Gasteiger partial charge in [-0.25, -0.2) is 14.1 Å². The van der Waals surface area contributed by atoms with E-state index in [4.69, 9.17) is 9.88 Å². The fraction of sp³-hybridized carbons (Fsp3) is 0.714. The predicted molar refractivity (Wildman–Crippen MR) is 94.2 cm³/mol. The maximum absolute atomic E-state index is 13.0. The van der Waals surface area contributed by atoms with E-state index in [1.807, 2.05) is 26.9 Å². The lowest BCUT2D eigenvalue weighted by Crippen LogP contribution is -2.37. The third kappa shape index (κ3) is 4.21. The second-order valence-electron chi connectivity index (χ2n) is 7.37. The first-order valence-corrected chi connectivity index (χ1v) is 12.0. The molecule has 1 aromatic heterocycles. The molecule has 0 amide bonds. The molecule has 0 aliphatic rings. The van der Waals surface area contributed by atoms with Crippen LogP contribution >= 0.6 is 0 Å². The molecule has 0 aliphatic heterocycles. The Morgan fingerprint density at radius 2 is 1.96 bits per heavy atom. The van der Waals surface area contributed by atoms with Crippen molar-refractivity contribution < 1.29 is 13.7 Å². The summed E-state index contributed by atoms with van der Waals surface area (Å²) < 4.78 is 23.7. The molecule has 1 heterocycles. The molecular weight excluding hydrogens is 332 g/mol. The average molecular weight is 361 g/mol. The number of methoxy groups -OCH3 is 1. The number of rotatable bonds is 4. The number of esters is 1. The highest BCUT2D eigenvalue weighted by atomic mass is 32.2. The summed E-state index contributed by atoms with van der Waals surface area (Å²) in [5.41, 5.74) is 0.223. The zero-order chi connectivity index (χ0) is 18.2. The lowest BCUT2D eigenvalue weighted by molar-refractivity contribution is 0.0584. The normalized spacial score (nSPS) is 15.4. The van der Waals surface area contributed by atoms with E-state index in [1.165, 1.54) is 17.9 Å². The zero-order valence-electron chi connectivity index (χ0n) is 15.2. The van der Waals surface area contributed by atoms with Crippen LogP contribution in [-0.2, 0) is 14.7 Å². The molecule has 0 aromatic carbocycles. The third-order valence-electron chi connectivity index (χ3n) is 4.10. The van der Waals surface area contributed by atoms with Crippen molar-refractivity contribution >= 4 is 24.1 Å². The lowest BCUT2D eigenvalue weighted by atomic mass is 10.2. The molecule has 1 aromatic rings. The van der Waals surface area contributed by atoms with Crippen molar-refractivity contribution in [2.45, 2.75) is 63.8 Å². The second kappa shape index (κ2) is 6.37. The van der Waals surface area contributed by atoms with E-state index in [9.17, 15) is 9.00 Å². The van der Waals surface area contributed by atoms with E-state index >= 15 is 0 Å². The van der Waals surface area contributed by atoms with Crippen molar-refractivity contribution in [3.8, 4) is 0 Å². The van der Waals surface area contributed by atoms with Gasteiger partial charge in [-0.1, -0.05) is 20.8 Å². The minimum absolute atomic E-state index is 0.0964. The number of carbonyl (C=O) groups excluding carboxylic acids is 1. The first-order chi connectivity index (χ1) is 10.2. The quantitative estimate of drug-likeness (QED) is 0.659. The number of nitrogens with two attached hydrogens (primary N) is 1. The molecular formula is C14H28N4O3SSi. The van der Waals surface area contributed by atoms with E-state index < -0.39 is 24.1 Å². The lowest BCUT2D eigenvalue weighted by Gasteiger charge is -2.32. The highest BCUT2D eigenvalue weighted by Crippen LogP contribution is 2.37. The molecule has 7 nitrogen and oxygen atoms in total. The summed E-state index contributed by atoms with van der Waals surface area (Å²) in [6, 6.07) is 1.33. The van der Waals surface area contributed by atoms with Crippen LogP contribution in [0.3, 0.4) is 0 Å². The van der Waals surface area contributed by atoms with Crippen LogP contribution in [0.15, 0.2) is 15.1 Å². The minimum atomic E-state index is -3.18. The Balaban J connectivity index is 3.52. The Morgan fingerprint density at radius 1 is 1.43 bits per heavy atom. The van der Waals surface area contributed by atoms with E-state index in [2.05, 4.69) is 29.9 Å². The fourth-order valence-electron chi connectivity index (χ4n) is 1.69. The van der Waals surface area contributed by atoms with Crippen LogP contribution in [0.4, 0.5) is 0 Å². The summed E-state index contributed by atoms with van der Waals surface area (Å²) in [5, 5.41) is 10.3. The molecule has 0 radical (unpaired) electrons. The smallest absolute Gasteiger partial charge is 0.356 e. The van der Waals surface area contributed by atoms with Crippen LogP contribution in [0.5, 0.6) is 0 Å². The monoisotopic (exact) mass is 360 g/mol.